The second kappa shape index (κ2) is 7.40. The molecule has 0 aliphatic carbocycles. The zero-order valence-electron chi connectivity index (χ0n) is 12.2. The minimum absolute atomic E-state index is 0.252. The first-order valence-electron chi connectivity index (χ1n) is 6.72. The molecule has 0 spiro atoms. The maximum atomic E-state index is 11.9. The fourth-order valence-electron chi connectivity index (χ4n) is 1.96. The minimum atomic E-state index is -0.252. The van der Waals surface area contributed by atoms with Crippen molar-refractivity contribution in [2.75, 3.05) is 12.4 Å². The number of pyridine rings is 1. The molecule has 21 heavy (non-hydrogen) atoms. The van der Waals surface area contributed by atoms with Gasteiger partial charge in [-0.2, -0.15) is 0 Å². The summed E-state index contributed by atoms with van der Waals surface area (Å²) >= 11 is 0. The van der Waals surface area contributed by atoms with E-state index in [0.29, 0.717) is 18.8 Å². The number of rotatable bonds is 5. The van der Waals surface area contributed by atoms with Gasteiger partial charge in [-0.05, 0) is 29.7 Å². The van der Waals surface area contributed by atoms with E-state index in [9.17, 15) is 4.79 Å². The SMILES string of the molecule is COCc1ccccc1CNC(=O)Nc1cnccc1C. The van der Waals surface area contributed by atoms with Gasteiger partial charge in [0.15, 0.2) is 0 Å². The molecule has 2 N–H and O–H groups in total. The minimum Gasteiger partial charge on any atom is -0.380 e. The van der Waals surface area contributed by atoms with Crippen LogP contribution in [0.25, 0.3) is 0 Å². The molecule has 110 valence electrons. The zero-order valence-corrected chi connectivity index (χ0v) is 12.2. The number of urea groups is 1. The van der Waals surface area contributed by atoms with Crippen LogP contribution in [0.3, 0.4) is 0 Å². The van der Waals surface area contributed by atoms with Crippen LogP contribution in [0, 0.1) is 6.92 Å². The third-order valence-corrected chi connectivity index (χ3v) is 3.14. The Morgan fingerprint density at radius 1 is 1.24 bits per heavy atom. The number of carbonyl (C=O) groups excluding carboxylic acids is 1. The Hall–Kier alpha value is -2.40. The van der Waals surface area contributed by atoms with Gasteiger partial charge >= 0.3 is 6.03 Å². The number of ether oxygens (including phenoxy) is 1. The lowest BCUT2D eigenvalue weighted by Crippen LogP contribution is -2.28. The summed E-state index contributed by atoms with van der Waals surface area (Å²) < 4.78 is 5.15. The standard InChI is InChI=1S/C16H19N3O2/c1-12-7-8-17-10-15(12)19-16(20)18-9-13-5-3-4-6-14(13)11-21-2/h3-8,10H,9,11H2,1-2H3,(H2,18,19,20). The lowest BCUT2D eigenvalue weighted by atomic mass is 10.1. The van der Waals surface area contributed by atoms with Crippen LogP contribution in [-0.4, -0.2) is 18.1 Å². The van der Waals surface area contributed by atoms with E-state index in [1.807, 2.05) is 37.3 Å². The number of methoxy groups -OCH3 is 1. The monoisotopic (exact) mass is 285 g/mol. The lowest BCUT2D eigenvalue weighted by Gasteiger charge is -2.11. The molecule has 0 unspecified atom stereocenters. The number of nitrogens with one attached hydrogen (secondary N) is 2. The number of amides is 2. The molecule has 0 aliphatic heterocycles. The summed E-state index contributed by atoms with van der Waals surface area (Å²) in [6, 6.07) is 9.46. The predicted octanol–water partition coefficient (Wildman–Crippen LogP) is 2.86. The van der Waals surface area contributed by atoms with Crippen LogP contribution in [0.5, 0.6) is 0 Å². The number of hydrogen-bond acceptors (Lipinski definition) is 3. The summed E-state index contributed by atoms with van der Waals surface area (Å²) in [5.41, 5.74) is 3.79. The predicted molar refractivity (Wildman–Crippen MR) is 82.0 cm³/mol. The van der Waals surface area contributed by atoms with Gasteiger partial charge in [-0.25, -0.2) is 4.79 Å². The van der Waals surface area contributed by atoms with Gasteiger partial charge in [-0.15, -0.1) is 0 Å². The van der Waals surface area contributed by atoms with Crippen molar-refractivity contribution in [3.63, 3.8) is 0 Å². The molecule has 1 aromatic heterocycles. The average molecular weight is 285 g/mol. The Labute approximate surface area is 124 Å². The van der Waals surface area contributed by atoms with Crippen molar-refractivity contribution < 1.29 is 9.53 Å². The van der Waals surface area contributed by atoms with Crippen molar-refractivity contribution in [2.24, 2.45) is 0 Å². The largest absolute Gasteiger partial charge is 0.380 e. The molecule has 0 bridgehead atoms. The van der Waals surface area contributed by atoms with Crippen LogP contribution in [0.4, 0.5) is 10.5 Å². The molecular formula is C16H19N3O2. The first-order chi connectivity index (χ1) is 10.2. The lowest BCUT2D eigenvalue weighted by molar-refractivity contribution is 0.184. The molecule has 2 rings (SSSR count). The molecular weight excluding hydrogens is 266 g/mol. The van der Waals surface area contributed by atoms with E-state index < -0.39 is 0 Å². The molecule has 0 atom stereocenters. The summed E-state index contributed by atoms with van der Waals surface area (Å²) in [5.74, 6) is 0. The first kappa shape index (κ1) is 15.0. The van der Waals surface area contributed by atoms with E-state index in [2.05, 4.69) is 15.6 Å². The van der Waals surface area contributed by atoms with Crippen molar-refractivity contribution in [1.29, 1.82) is 0 Å². The molecule has 5 nitrogen and oxygen atoms in total. The van der Waals surface area contributed by atoms with Crippen LogP contribution in [0.15, 0.2) is 42.7 Å². The Balaban J connectivity index is 1.94. The summed E-state index contributed by atoms with van der Waals surface area (Å²) in [5, 5.41) is 5.63. The van der Waals surface area contributed by atoms with Crippen molar-refractivity contribution in [3.8, 4) is 0 Å². The highest BCUT2D eigenvalue weighted by Gasteiger charge is 2.06. The van der Waals surface area contributed by atoms with Crippen LogP contribution < -0.4 is 10.6 Å². The summed E-state index contributed by atoms with van der Waals surface area (Å²) in [7, 11) is 1.65. The van der Waals surface area contributed by atoms with E-state index in [0.717, 1.165) is 16.7 Å². The van der Waals surface area contributed by atoms with Crippen LogP contribution >= 0.6 is 0 Å². The first-order valence-corrected chi connectivity index (χ1v) is 6.72. The Kier molecular flexibility index (Phi) is 5.29. The van der Waals surface area contributed by atoms with E-state index in [1.54, 1.807) is 19.5 Å². The molecule has 2 amide bonds. The maximum Gasteiger partial charge on any atom is 0.319 e. The second-order valence-electron chi connectivity index (χ2n) is 4.70. The number of carbonyl (C=O) groups is 1. The number of aromatic nitrogens is 1. The van der Waals surface area contributed by atoms with Gasteiger partial charge < -0.3 is 15.4 Å². The van der Waals surface area contributed by atoms with Gasteiger partial charge in [0.1, 0.15) is 0 Å². The third-order valence-electron chi connectivity index (χ3n) is 3.14. The number of benzene rings is 1. The molecule has 0 radical (unpaired) electrons. The van der Waals surface area contributed by atoms with Gasteiger partial charge in [0.05, 0.1) is 18.5 Å². The molecule has 1 heterocycles. The van der Waals surface area contributed by atoms with Crippen molar-refractivity contribution in [1.82, 2.24) is 10.3 Å². The topological polar surface area (TPSA) is 63.2 Å². The highest BCUT2D eigenvalue weighted by atomic mass is 16.5. The fourth-order valence-corrected chi connectivity index (χ4v) is 1.96. The van der Waals surface area contributed by atoms with Gasteiger partial charge in [0.2, 0.25) is 0 Å². The summed E-state index contributed by atoms with van der Waals surface area (Å²) in [6.07, 6.45) is 3.33. The summed E-state index contributed by atoms with van der Waals surface area (Å²) in [6.45, 7) is 2.90. The van der Waals surface area contributed by atoms with Gasteiger partial charge in [-0.1, -0.05) is 24.3 Å². The molecule has 5 heteroatoms. The quantitative estimate of drug-likeness (QED) is 0.888. The normalized spacial score (nSPS) is 10.2. The molecule has 0 saturated carbocycles. The highest BCUT2D eigenvalue weighted by Crippen LogP contribution is 2.12. The van der Waals surface area contributed by atoms with Gasteiger partial charge in [0.25, 0.3) is 0 Å². The van der Waals surface area contributed by atoms with E-state index >= 15 is 0 Å². The van der Waals surface area contributed by atoms with E-state index in [4.69, 9.17) is 4.74 Å². The number of nitrogens with zero attached hydrogens (tertiary/aromatic N) is 1. The molecule has 1 aromatic carbocycles. The van der Waals surface area contributed by atoms with Gasteiger partial charge in [-0.3, -0.25) is 4.98 Å². The van der Waals surface area contributed by atoms with Crippen LogP contribution in [0.1, 0.15) is 16.7 Å². The van der Waals surface area contributed by atoms with Crippen molar-refractivity contribution >= 4 is 11.7 Å². The fraction of sp³-hybridized carbons (Fsp3) is 0.250. The van der Waals surface area contributed by atoms with Crippen LogP contribution in [0.2, 0.25) is 0 Å². The average Bonchev–Trinajstić information content (AvgIpc) is 2.49. The summed E-state index contributed by atoms with van der Waals surface area (Å²) in [4.78, 5) is 15.9. The van der Waals surface area contributed by atoms with Crippen LogP contribution in [-0.2, 0) is 17.9 Å². The number of aryl methyl sites for hydroxylation is 1. The van der Waals surface area contributed by atoms with Crippen molar-refractivity contribution in [3.05, 3.63) is 59.4 Å². The number of anilines is 1. The third kappa shape index (κ3) is 4.29. The second-order valence-corrected chi connectivity index (χ2v) is 4.70. The number of hydrogen-bond donors (Lipinski definition) is 2. The van der Waals surface area contributed by atoms with Gasteiger partial charge in [0, 0.05) is 19.9 Å². The van der Waals surface area contributed by atoms with E-state index in [1.165, 1.54) is 0 Å². The maximum absolute atomic E-state index is 11.9. The molecule has 0 aliphatic rings. The Morgan fingerprint density at radius 2 is 2.00 bits per heavy atom. The van der Waals surface area contributed by atoms with E-state index in [-0.39, 0.29) is 6.03 Å². The molecule has 0 fully saturated rings. The smallest absolute Gasteiger partial charge is 0.319 e. The molecule has 2 aromatic rings. The highest BCUT2D eigenvalue weighted by molar-refractivity contribution is 5.89. The Bertz CT molecular complexity index is 614. The van der Waals surface area contributed by atoms with Crippen molar-refractivity contribution in [2.45, 2.75) is 20.1 Å². The Morgan fingerprint density at radius 3 is 2.71 bits per heavy atom. The zero-order chi connectivity index (χ0) is 15.1. The molecule has 0 saturated heterocycles.